The first-order valence-electron chi connectivity index (χ1n) is 5.83. The smallest absolute Gasteiger partial charge is 0.261 e. The van der Waals surface area contributed by atoms with Crippen LogP contribution in [0, 0.1) is 0 Å². The van der Waals surface area contributed by atoms with Crippen LogP contribution in [-0.2, 0) is 4.79 Å². The molecule has 0 saturated heterocycles. The third-order valence-corrected chi connectivity index (χ3v) is 4.01. The van der Waals surface area contributed by atoms with Crippen LogP contribution in [0.3, 0.4) is 0 Å². The Kier molecular flexibility index (Phi) is 5.06. The average molecular weight is 344 g/mol. The minimum absolute atomic E-state index is 0.156. The molecule has 0 spiro atoms. The fourth-order valence-electron chi connectivity index (χ4n) is 1.52. The minimum atomic E-state index is -0.392. The third-order valence-electron chi connectivity index (χ3n) is 2.52. The van der Waals surface area contributed by atoms with Crippen molar-refractivity contribution in [1.82, 2.24) is 5.32 Å². The normalized spacial score (nSPS) is 10.2. The summed E-state index contributed by atoms with van der Waals surface area (Å²) >= 11 is 13.0. The number of rotatable bonds is 4. The van der Waals surface area contributed by atoms with E-state index in [4.69, 9.17) is 28.9 Å². The van der Waals surface area contributed by atoms with E-state index >= 15 is 0 Å². The number of carbonyl (C=O) groups is 2. The van der Waals surface area contributed by atoms with Crippen molar-refractivity contribution in [3.63, 3.8) is 0 Å². The number of nitrogens with two attached hydrogens (primary N) is 1. The van der Waals surface area contributed by atoms with Gasteiger partial charge in [0.25, 0.3) is 5.91 Å². The van der Waals surface area contributed by atoms with E-state index in [1.165, 1.54) is 23.5 Å². The molecule has 1 aromatic heterocycles. The number of benzene rings is 1. The first-order chi connectivity index (χ1) is 9.97. The van der Waals surface area contributed by atoms with Crippen molar-refractivity contribution in [3.05, 3.63) is 44.6 Å². The summed E-state index contributed by atoms with van der Waals surface area (Å²) in [6.07, 6.45) is 0. The van der Waals surface area contributed by atoms with Gasteiger partial charge >= 0.3 is 0 Å². The largest absolute Gasteiger partial charge is 0.396 e. The van der Waals surface area contributed by atoms with Gasteiger partial charge in [-0.25, -0.2) is 0 Å². The van der Waals surface area contributed by atoms with Crippen molar-refractivity contribution in [2.24, 2.45) is 0 Å². The van der Waals surface area contributed by atoms with E-state index in [1.807, 2.05) is 0 Å². The average Bonchev–Trinajstić information content (AvgIpc) is 2.96. The highest BCUT2D eigenvalue weighted by Crippen LogP contribution is 2.30. The monoisotopic (exact) mass is 343 g/mol. The molecule has 4 N–H and O–H groups in total. The van der Waals surface area contributed by atoms with E-state index in [1.54, 1.807) is 17.5 Å². The van der Waals surface area contributed by atoms with Crippen LogP contribution < -0.4 is 16.4 Å². The van der Waals surface area contributed by atoms with Crippen LogP contribution >= 0.6 is 34.5 Å². The van der Waals surface area contributed by atoms with E-state index < -0.39 is 5.91 Å². The van der Waals surface area contributed by atoms with Gasteiger partial charge in [-0.1, -0.05) is 29.3 Å². The lowest BCUT2D eigenvalue weighted by Crippen LogP contribution is -2.32. The summed E-state index contributed by atoms with van der Waals surface area (Å²) < 4.78 is 0. The zero-order valence-electron chi connectivity index (χ0n) is 10.7. The van der Waals surface area contributed by atoms with Crippen molar-refractivity contribution >= 4 is 57.7 Å². The van der Waals surface area contributed by atoms with Gasteiger partial charge in [-0.05, 0) is 23.6 Å². The Morgan fingerprint density at radius 2 is 1.90 bits per heavy atom. The van der Waals surface area contributed by atoms with Crippen LogP contribution in [-0.4, -0.2) is 18.4 Å². The molecule has 0 aliphatic rings. The van der Waals surface area contributed by atoms with Crippen LogP contribution in [0.25, 0.3) is 0 Å². The molecule has 0 atom stereocenters. The van der Waals surface area contributed by atoms with Crippen LogP contribution in [0.2, 0.25) is 10.0 Å². The minimum Gasteiger partial charge on any atom is -0.396 e. The number of amides is 2. The molecule has 110 valence electrons. The number of hydrogen-bond acceptors (Lipinski definition) is 4. The molecule has 2 rings (SSSR count). The summed E-state index contributed by atoms with van der Waals surface area (Å²) in [5.41, 5.74) is 6.27. The van der Waals surface area contributed by atoms with Gasteiger partial charge in [0, 0.05) is 5.69 Å². The molecule has 0 bridgehead atoms. The van der Waals surface area contributed by atoms with E-state index in [0.717, 1.165) is 0 Å². The van der Waals surface area contributed by atoms with Gasteiger partial charge < -0.3 is 16.4 Å². The topological polar surface area (TPSA) is 84.2 Å². The molecule has 1 aromatic carbocycles. The summed E-state index contributed by atoms with van der Waals surface area (Å²) in [5.74, 6) is -0.690. The molecule has 0 aliphatic heterocycles. The summed E-state index contributed by atoms with van der Waals surface area (Å²) in [6.45, 7) is -0.156. The second-order valence-electron chi connectivity index (χ2n) is 4.06. The number of halogens is 2. The summed E-state index contributed by atoms with van der Waals surface area (Å²) in [6, 6.07) is 6.42. The van der Waals surface area contributed by atoms with Gasteiger partial charge in [-0.2, -0.15) is 0 Å². The Hall–Kier alpha value is -1.76. The van der Waals surface area contributed by atoms with Crippen molar-refractivity contribution in [3.8, 4) is 0 Å². The van der Waals surface area contributed by atoms with Crippen LogP contribution in [0.1, 0.15) is 9.67 Å². The van der Waals surface area contributed by atoms with Gasteiger partial charge in [0.1, 0.15) is 0 Å². The zero-order valence-corrected chi connectivity index (χ0v) is 13.0. The maximum atomic E-state index is 11.8. The molecule has 0 radical (unpaired) electrons. The molecule has 8 heteroatoms. The second kappa shape index (κ2) is 6.80. The number of nitrogens with one attached hydrogen (secondary N) is 2. The first-order valence-corrected chi connectivity index (χ1v) is 7.47. The fraction of sp³-hybridized carbons (Fsp3) is 0.0769. The van der Waals surface area contributed by atoms with Gasteiger partial charge in [-0.15, -0.1) is 11.3 Å². The first kappa shape index (κ1) is 15.6. The third kappa shape index (κ3) is 4.10. The molecule has 0 fully saturated rings. The molecule has 2 aromatic rings. The lowest BCUT2D eigenvalue weighted by molar-refractivity contribution is -0.115. The molecule has 0 unspecified atom stereocenters. The zero-order chi connectivity index (χ0) is 15.4. The quantitative estimate of drug-likeness (QED) is 0.746. The molecule has 5 nitrogen and oxygen atoms in total. The van der Waals surface area contributed by atoms with Gasteiger partial charge in [0.05, 0.1) is 27.2 Å². The van der Waals surface area contributed by atoms with E-state index in [-0.39, 0.29) is 28.2 Å². The van der Waals surface area contributed by atoms with Crippen molar-refractivity contribution in [2.45, 2.75) is 0 Å². The number of hydrogen-bond donors (Lipinski definition) is 3. The van der Waals surface area contributed by atoms with E-state index in [9.17, 15) is 9.59 Å². The number of carbonyl (C=O) groups excluding carboxylic acids is 2. The maximum Gasteiger partial charge on any atom is 0.261 e. The van der Waals surface area contributed by atoms with Crippen molar-refractivity contribution in [1.29, 1.82) is 0 Å². The Balaban J connectivity index is 1.92. The molecule has 1 heterocycles. The van der Waals surface area contributed by atoms with Gasteiger partial charge in [-0.3, -0.25) is 9.59 Å². The Morgan fingerprint density at radius 1 is 1.24 bits per heavy atom. The van der Waals surface area contributed by atoms with Crippen molar-refractivity contribution in [2.75, 3.05) is 17.6 Å². The summed E-state index contributed by atoms with van der Waals surface area (Å²) in [4.78, 5) is 24.0. The van der Waals surface area contributed by atoms with Crippen LogP contribution in [0.15, 0.2) is 29.6 Å². The lowest BCUT2D eigenvalue weighted by atomic mass is 10.3. The molecular weight excluding hydrogens is 333 g/mol. The second-order valence-corrected chi connectivity index (χ2v) is 5.82. The van der Waals surface area contributed by atoms with Gasteiger partial charge in [0.2, 0.25) is 5.91 Å². The summed E-state index contributed by atoms with van der Waals surface area (Å²) in [5, 5.41) is 7.38. The van der Waals surface area contributed by atoms with Crippen molar-refractivity contribution < 1.29 is 9.59 Å². The van der Waals surface area contributed by atoms with E-state index in [0.29, 0.717) is 10.6 Å². The Labute approximate surface area is 135 Å². The number of thiophene rings is 1. The molecule has 0 aliphatic carbocycles. The highest BCUT2D eigenvalue weighted by molar-refractivity contribution is 7.12. The highest BCUT2D eigenvalue weighted by atomic mass is 35.5. The SMILES string of the molecule is Nc1c(Cl)cc(NC(=O)CNC(=O)c2cccs2)cc1Cl. The number of anilines is 2. The van der Waals surface area contributed by atoms with E-state index in [2.05, 4.69) is 10.6 Å². The summed E-state index contributed by atoms with van der Waals surface area (Å²) in [7, 11) is 0. The molecular formula is C13H11Cl2N3O2S. The predicted octanol–water partition coefficient (Wildman–Crippen LogP) is 3.01. The Bertz CT molecular complexity index is 651. The molecule has 21 heavy (non-hydrogen) atoms. The van der Waals surface area contributed by atoms with Crippen LogP contribution in [0.4, 0.5) is 11.4 Å². The maximum absolute atomic E-state index is 11.8. The van der Waals surface area contributed by atoms with Gasteiger partial charge in [0.15, 0.2) is 0 Å². The Morgan fingerprint density at radius 3 is 2.48 bits per heavy atom. The number of nitrogen functional groups attached to an aromatic ring is 1. The molecule has 0 saturated carbocycles. The highest BCUT2D eigenvalue weighted by Gasteiger charge is 2.10. The fourth-order valence-corrected chi connectivity index (χ4v) is 2.64. The standard InChI is InChI=1S/C13H11Cl2N3O2S/c14-8-4-7(5-9(15)12(8)16)18-11(19)6-17-13(20)10-2-1-3-21-10/h1-5H,6,16H2,(H,17,20)(H,18,19). The predicted molar refractivity (Wildman–Crippen MR) is 86.2 cm³/mol. The lowest BCUT2D eigenvalue weighted by Gasteiger charge is -2.09. The van der Waals surface area contributed by atoms with Crippen LogP contribution in [0.5, 0.6) is 0 Å². The molecule has 2 amide bonds.